The fraction of sp³-hybridized carbons (Fsp3) is 0.391. The van der Waals surface area contributed by atoms with Gasteiger partial charge in [-0.1, -0.05) is 61.4 Å². The number of carboxylic acids is 1. The van der Waals surface area contributed by atoms with Crippen molar-refractivity contribution in [2.45, 2.75) is 44.1 Å². The number of hydrogen-bond donors (Lipinski definition) is 1. The Balaban J connectivity index is 1.49. The minimum Gasteiger partial charge on any atom is -0.481 e. The third kappa shape index (κ3) is 3.61. The molecular weight excluding hydrogens is 354 g/mol. The SMILES string of the molecule is O=C(O)CCN(C(=O)OCC1c2ccccc2-c2ccccc21)C1CCCC1. The van der Waals surface area contributed by atoms with Gasteiger partial charge < -0.3 is 14.7 Å². The van der Waals surface area contributed by atoms with E-state index in [0.717, 1.165) is 25.7 Å². The summed E-state index contributed by atoms with van der Waals surface area (Å²) >= 11 is 0. The third-order valence-corrected chi connectivity index (χ3v) is 5.90. The summed E-state index contributed by atoms with van der Waals surface area (Å²) in [5.41, 5.74) is 4.74. The van der Waals surface area contributed by atoms with Gasteiger partial charge in [-0.15, -0.1) is 0 Å². The molecule has 28 heavy (non-hydrogen) atoms. The van der Waals surface area contributed by atoms with Gasteiger partial charge in [0.05, 0.1) is 6.42 Å². The van der Waals surface area contributed by atoms with Crippen molar-refractivity contribution in [2.24, 2.45) is 0 Å². The van der Waals surface area contributed by atoms with Crippen LogP contribution in [0.2, 0.25) is 0 Å². The Morgan fingerprint density at radius 3 is 2.11 bits per heavy atom. The molecule has 0 aromatic heterocycles. The predicted molar refractivity (Wildman–Crippen MR) is 106 cm³/mol. The highest BCUT2D eigenvalue weighted by Crippen LogP contribution is 2.44. The molecule has 1 fully saturated rings. The van der Waals surface area contributed by atoms with Gasteiger partial charge in [0.25, 0.3) is 0 Å². The molecule has 0 atom stereocenters. The molecule has 2 aliphatic carbocycles. The largest absolute Gasteiger partial charge is 0.481 e. The summed E-state index contributed by atoms with van der Waals surface area (Å²) in [4.78, 5) is 25.5. The third-order valence-electron chi connectivity index (χ3n) is 5.90. The highest BCUT2D eigenvalue weighted by molar-refractivity contribution is 5.79. The second-order valence-corrected chi connectivity index (χ2v) is 7.58. The van der Waals surface area contributed by atoms with Gasteiger partial charge in [-0.2, -0.15) is 0 Å². The number of carboxylic acid groups (broad SMARTS) is 1. The fourth-order valence-electron chi connectivity index (χ4n) is 4.53. The van der Waals surface area contributed by atoms with E-state index in [-0.39, 0.29) is 31.5 Å². The number of nitrogens with zero attached hydrogens (tertiary/aromatic N) is 1. The number of fused-ring (bicyclic) bond motifs is 3. The van der Waals surface area contributed by atoms with Gasteiger partial charge in [-0.25, -0.2) is 4.79 Å². The van der Waals surface area contributed by atoms with Crippen molar-refractivity contribution in [1.29, 1.82) is 0 Å². The van der Waals surface area contributed by atoms with Crippen molar-refractivity contribution >= 4 is 12.1 Å². The molecule has 0 aliphatic heterocycles. The summed E-state index contributed by atoms with van der Waals surface area (Å²) in [5, 5.41) is 9.03. The van der Waals surface area contributed by atoms with Crippen molar-refractivity contribution in [3.05, 3.63) is 59.7 Å². The Morgan fingerprint density at radius 2 is 1.54 bits per heavy atom. The van der Waals surface area contributed by atoms with Gasteiger partial charge in [0, 0.05) is 18.5 Å². The lowest BCUT2D eigenvalue weighted by Gasteiger charge is -2.28. The number of carbonyl (C=O) groups excluding carboxylic acids is 1. The lowest BCUT2D eigenvalue weighted by molar-refractivity contribution is -0.137. The number of carbonyl (C=O) groups is 2. The Hall–Kier alpha value is -2.82. The van der Waals surface area contributed by atoms with Crippen molar-refractivity contribution in [2.75, 3.05) is 13.2 Å². The Morgan fingerprint density at radius 1 is 0.964 bits per heavy atom. The molecule has 0 heterocycles. The van der Waals surface area contributed by atoms with Crippen molar-refractivity contribution in [3.8, 4) is 11.1 Å². The number of aliphatic carboxylic acids is 1. The van der Waals surface area contributed by atoms with Crippen molar-refractivity contribution < 1.29 is 19.4 Å². The molecule has 1 amide bonds. The molecule has 146 valence electrons. The molecule has 0 saturated heterocycles. The number of rotatable bonds is 6. The van der Waals surface area contributed by atoms with Crippen LogP contribution in [0.4, 0.5) is 4.79 Å². The lowest BCUT2D eigenvalue weighted by atomic mass is 9.98. The predicted octanol–water partition coefficient (Wildman–Crippen LogP) is 4.65. The molecule has 1 N–H and O–H groups in total. The van der Waals surface area contributed by atoms with E-state index in [1.54, 1.807) is 4.90 Å². The zero-order chi connectivity index (χ0) is 19.5. The van der Waals surface area contributed by atoms with Crippen LogP contribution in [0.3, 0.4) is 0 Å². The summed E-state index contributed by atoms with van der Waals surface area (Å²) in [6, 6.07) is 16.6. The van der Waals surface area contributed by atoms with E-state index in [1.165, 1.54) is 22.3 Å². The Kier molecular flexibility index (Phi) is 5.33. The molecule has 2 aromatic rings. The van der Waals surface area contributed by atoms with Crippen molar-refractivity contribution in [3.63, 3.8) is 0 Å². The summed E-state index contributed by atoms with van der Waals surface area (Å²) in [5.74, 6) is -0.879. The Bertz CT molecular complexity index is 827. The maximum Gasteiger partial charge on any atom is 0.410 e. The molecule has 0 unspecified atom stereocenters. The summed E-state index contributed by atoms with van der Waals surface area (Å²) in [6.07, 6.45) is 3.54. The van der Waals surface area contributed by atoms with Crippen LogP contribution >= 0.6 is 0 Å². The molecule has 5 heteroatoms. The highest BCUT2D eigenvalue weighted by atomic mass is 16.6. The number of amides is 1. The van der Waals surface area contributed by atoms with Crippen LogP contribution < -0.4 is 0 Å². The first-order valence-corrected chi connectivity index (χ1v) is 9.98. The van der Waals surface area contributed by atoms with Gasteiger partial charge in [-0.05, 0) is 35.1 Å². The summed E-state index contributed by atoms with van der Waals surface area (Å²) < 4.78 is 5.74. The standard InChI is InChI=1S/C23H25NO4/c25-22(26)13-14-24(16-7-1-2-8-16)23(27)28-15-21-19-11-5-3-9-17(19)18-10-4-6-12-20(18)21/h3-6,9-12,16,21H,1-2,7-8,13-15H2,(H,25,26). The van der Waals surface area contributed by atoms with Crippen molar-refractivity contribution in [1.82, 2.24) is 4.90 Å². The van der Waals surface area contributed by atoms with Gasteiger partial charge in [0.15, 0.2) is 0 Å². The quantitative estimate of drug-likeness (QED) is 0.793. The minimum absolute atomic E-state index is 0.0150. The molecule has 0 bridgehead atoms. The average Bonchev–Trinajstić information content (AvgIpc) is 3.33. The van der Waals surface area contributed by atoms with E-state index < -0.39 is 12.1 Å². The fourth-order valence-corrected chi connectivity index (χ4v) is 4.53. The second kappa shape index (κ2) is 8.05. The smallest absolute Gasteiger partial charge is 0.410 e. The average molecular weight is 379 g/mol. The van der Waals surface area contributed by atoms with Crippen LogP contribution in [-0.4, -0.2) is 41.3 Å². The molecular formula is C23H25NO4. The maximum atomic E-state index is 12.8. The zero-order valence-electron chi connectivity index (χ0n) is 15.8. The molecule has 2 aliphatic rings. The van der Waals surface area contributed by atoms with Gasteiger partial charge >= 0.3 is 12.1 Å². The molecule has 2 aromatic carbocycles. The van der Waals surface area contributed by atoms with E-state index in [1.807, 2.05) is 24.3 Å². The minimum atomic E-state index is -0.894. The highest BCUT2D eigenvalue weighted by Gasteiger charge is 2.32. The van der Waals surface area contributed by atoms with Crippen LogP contribution in [0.15, 0.2) is 48.5 Å². The van der Waals surface area contributed by atoms with E-state index in [9.17, 15) is 9.59 Å². The molecule has 4 rings (SSSR count). The van der Waals surface area contributed by atoms with E-state index in [4.69, 9.17) is 9.84 Å². The van der Waals surface area contributed by atoms with E-state index in [2.05, 4.69) is 24.3 Å². The second-order valence-electron chi connectivity index (χ2n) is 7.58. The first kappa shape index (κ1) is 18.5. The molecule has 0 radical (unpaired) electrons. The van der Waals surface area contributed by atoms with Gasteiger partial charge in [0.1, 0.15) is 6.61 Å². The van der Waals surface area contributed by atoms with Crippen LogP contribution in [0.5, 0.6) is 0 Å². The lowest BCUT2D eigenvalue weighted by Crippen LogP contribution is -2.41. The topological polar surface area (TPSA) is 66.8 Å². The summed E-state index contributed by atoms with van der Waals surface area (Å²) in [6.45, 7) is 0.472. The number of benzene rings is 2. The van der Waals surface area contributed by atoms with Crippen LogP contribution in [0, 0.1) is 0 Å². The van der Waals surface area contributed by atoms with E-state index >= 15 is 0 Å². The van der Waals surface area contributed by atoms with Crippen LogP contribution in [0.25, 0.3) is 11.1 Å². The molecule has 0 spiro atoms. The Labute approximate surface area is 164 Å². The van der Waals surface area contributed by atoms with E-state index in [0.29, 0.717) is 0 Å². The zero-order valence-corrected chi connectivity index (χ0v) is 15.8. The van der Waals surface area contributed by atoms with Gasteiger partial charge in [0.2, 0.25) is 0 Å². The maximum absolute atomic E-state index is 12.8. The first-order chi connectivity index (χ1) is 13.6. The first-order valence-electron chi connectivity index (χ1n) is 9.98. The number of hydrogen-bond acceptors (Lipinski definition) is 3. The molecule has 1 saturated carbocycles. The summed E-state index contributed by atoms with van der Waals surface area (Å²) in [7, 11) is 0. The van der Waals surface area contributed by atoms with Gasteiger partial charge in [-0.3, -0.25) is 4.79 Å². The van der Waals surface area contributed by atoms with Crippen LogP contribution in [0.1, 0.15) is 49.1 Å². The van der Waals surface area contributed by atoms with Crippen LogP contribution in [-0.2, 0) is 9.53 Å². The normalized spacial score (nSPS) is 15.9. The number of ether oxygens (including phenoxy) is 1. The monoisotopic (exact) mass is 379 g/mol. The molecule has 5 nitrogen and oxygen atoms in total.